The van der Waals surface area contributed by atoms with Gasteiger partial charge in [-0.05, 0) is 43.7 Å². The van der Waals surface area contributed by atoms with Crippen molar-refractivity contribution in [3.8, 4) is 11.3 Å². The molecule has 0 amide bonds. The van der Waals surface area contributed by atoms with E-state index in [0.717, 1.165) is 54.2 Å². The van der Waals surface area contributed by atoms with E-state index >= 15 is 0 Å². The number of nitrogens with one attached hydrogen (secondary N) is 2. The van der Waals surface area contributed by atoms with E-state index in [0.29, 0.717) is 22.8 Å². The minimum absolute atomic E-state index is 0.314. The van der Waals surface area contributed by atoms with E-state index in [2.05, 4.69) is 49.9 Å². The molecular weight excluding hydrogens is 484 g/mol. The third-order valence-corrected chi connectivity index (χ3v) is 9.46. The van der Waals surface area contributed by atoms with Gasteiger partial charge in [-0.15, -0.1) is 0 Å². The lowest BCUT2D eigenvalue weighted by Gasteiger charge is -2.29. The number of piperazine rings is 1. The quantitative estimate of drug-likeness (QED) is 0.412. The predicted molar refractivity (Wildman–Crippen MR) is 148 cm³/mol. The van der Waals surface area contributed by atoms with E-state index < -0.39 is 15.1 Å². The number of hydrogen-bond acceptors (Lipinski definition) is 7. The molecule has 8 nitrogen and oxygen atoms in total. The van der Waals surface area contributed by atoms with Crippen molar-refractivity contribution in [3.63, 3.8) is 0 Å². The third-order valence-electron chi connectivity index (χ3n) is 7.29. The highest BCUT2D eigenvalue weighted by molar-refractivity contribution is 7.92. The average Bonchev–Trinajstić information content (AvgIpc) is 3.49. The molecule has 2 N–H and O–H groups in total. The fourth-order valence-corrected chi connectivity index (χ4v) is 6.12. The zero-order valence-corrected chi connectivity index (χ0v) is 21.8. The SMILES string of the molecule is C=C1c2ccc(N3CCNCC3)cc2CN1c1c[nH]c2ncc(-c3ccc(S(=O)(=O)C(C)C)cc3)nc12. The minimum atomic E-state index is -3.33. The second-order valence-electron chi connectivity index (χ2n) is 9.86. The highest BCUT2D eigenvalue weighted by Crippen LogP contribution is 2.40. The number of aromatic amines is 1. The molecule has 0 bridgehead atoms. The van der Waals surface area contributed by atoms with E-state index in [-0.39, 0.29) is 0 Å². The maximum absolute atomic E-state index is 12.5. The maximum Gasteiger partial charge on any atom is 0.180 e. The zero-order chi connectivity index (χ0) is 25.7. The van der Waals surface area contributed by atoms with Gasteiger partial charge in [0.2, 0.25) is 0 Å². The molecule has 6 rings (SSSR count). The van der Waals surface area contributed by atoms with Gasteiger partial charge in [-0.1, -0.05) is 24.8 Å². The summed E-state index contributed by atoms with van der Waals surface area (Å²) in [5.41, 5.74) is 8.47. The number of nitrogens with zero attached hydrogens (tertiary/aromatic N) is 4. The van der Waals surface area contributed by atoms with Crippen molar-refractivity contribution in [1.82, 2.24) is 20.3 Å². The predicted octanol–water partition coefficient (Wildman–Crippen LogP) is 4.21. The minimum Gasteiger partial charge on any atom is -0.369 e. The number of aromatic nitrogens is 3. The molecular formula is C28H30N6O2S. The molecule has 2 aromatic heterocycles. The Hall–Kier alpha value is -3.69. The average molecular weight is 515 g/mol. The van der Waals surface area contributed by atoms with Crippen LogP contribution in [0, 0.1) is 0 Å². The van der Waals surface area contributed by atoms with Crippen molar-refractivity contribution in [2.45, 2.75) is 30.5 Å². The molecule has 4 heterocycles. The van der Waals surface area contributed by atoms with Crippen LogP contribution in [0.25, 0.3) is 28.1 Å². The standard InChI is InChI=1S/C28H30N6O2S/c1-18(2)37(35,36)23-7-4-20(5-8-23)25-15-30-28-27(32-25)26(16-31-28)34-17-21-14-22(6-9-24(21)19(34)3)33-12-10-29-11-13-33/h4-9,14-16,18,29H,3,10-13,17H2,1-2H3,(H,30,31). The second kappa shape index (κ2) is 9.00. The van der Waals surface area contributed by atoms with E-state index in [1.807, 2.05) is 6.20 Å². The molecule has 4 aromatic rings. The first-order valence-corrected chi connectivity index (χ1v) is 14.1. The first kappa shape index (κ1) is 23.7. The summed E-state index contributed by atoms with van der Waals surface area (Å²) < 4.78 is 25.0. The van der Waals surface area contributed by atoms with E-state index in [9.17, 15) is 8.42 Å². The number of rotatable bonds is 5. The van der Waals surface area contributed by atoms with Crippen LogP contribution in [0.1, 0.15) is 25.0 Å². The molecule has 2 aromatic carbocycles. The first-order chi connectivity index (χ1) is 17.8. The smallest absolute Gasteiger partial charge is 0.180 e. The number of anilines is 2. The third kappa shape index (κ3) is 4.08. The van der Waals surface area contributed by atoms with Crippen LogP contribution in [0.3, 0.4) is 0 Å². The van der Waals surface area contributed by atoms with Crippen molar-refractivity contribution < 1.29 is 8.42 Å². The van der Waals surface area contributed by atoms with Gasteiger partial charge in [-0.25, -0.2) is 18.4 Å². The number of H-pyrrole nitrogens is 1. The van der Waals surface area contributed by atoms with Crippen molar-refractivity contribution >= 4 is 38.1 Å². The van der Waals surface area contributed by atoms with Crippen LogP contribution in [0.2, 0.25) is 0 Å². The summed E-state index contributed by atoms with van der Waals surface area (Å²) in [6.07, 6.45) is 3.64. The Balaban J connectivity index is 1.31. The topological polar surface area (TPSA) is 94.2 Å². The maximum atomic E-state index is 12.5. The molecule has 1 saturated heterocycles. The highest BCUT2D eigenvalue weighted by atomic mass is 32.2. The van der Waals surface area contributed by atoms with Gasteiger partial charge in [0.15, 0.2) is 15.5 Å². The van der Waals surface area contributed by atoms with Gasteiger partial charge < -0.3 is 20.1 Å². The van der Waals surface area contributed by atoms with E-state index in [1.165, 1.54) is 11.3 Å². The summed E-state index contributed by atoms with van der Waals surface area (Å²) in [5.74, 6) is 0. The van der Waals surface area contributed by atoms with Crippen LogP contribution >= 0.6 is 0 Å². The summed E-state index contributed by atoms with van der Waals surface area (Å²) in [4.78, 5) is 17.7. The lowest BCUT2D eigenvalue weighted by molar-refractivity contribution is 0.587. The zero-order valence-electron chi connectivity index (χ0n) is 21.0. The molecule has 2 aliphatic heterocycles. The molecule has 37 heavy (non-hydrogen) atoms. The molecule has 0 unspecified atom stereocenters. The van der Waals surface area contributed by atoms with Gasteiger partial charge >= 0.3 is 0 Å². The van der Waals surface area contributed by atoms with Gasteiger partial charge in [0.25, 0.3) is 0 Å². The van der Waals surface area contributed by atoms with Crippen molar-refractivity contribution in [1.29, 1.82) is 0 Å². The monoisotopic (exact) mass is 514 g/mol. The Morgan fingerprint density at radius 1 is 1.05 bits per heavy atom. The van der Waals surface area contributed by atoms with Gasteiger partial charge in [0.05, 0.1) is 27.7 Å². The Morgan fingerprint density at radius 2 is 1.81 bits per heavy atom. The molecule has 0 aliphatic carbocycles. The molecule has 0 saturated carbocycles. The van der Waals surface area contributed by atoms with Gasteiger partial charge in [0.1, 0.15) is 5.52 Å². The summed E-state index contributed by atoms with van der Waals surface area (Å²) in [6, 6.07) is 13.5. The Kier molecular flexibility index (Phi) is 5.77. The molecule has 0 spiro atoms. The normalized spacial score (nSPS) is 16.1. The second-order valence-corrected chi connectivity index (χ2v) is 12.4. The molecule has 9 heteroatoms. The van der Waals surface area contributed by atoms with Crippen LogP contribution in [-0.4, -0.2) is 54.8 Å². The fraction of sp³-hybridized carbons (Fsp3) is 0.286. The molecule has 1 fully saturated rings. The molecule has 0 atom stereocenters. The van der Waals surface area contributed by atoms with Gasteiger partial charge in [-0.3, -0.25) is 0 Å². The summed E-state index contributed by atoms with van der Waals surface area (Å²) in [6.45, 7) is 12.5. The lowest BCUT2D eigenvalue weighted by atomic mass is 10.1. The molecule has 190 valence electrons. The van der Waals surface area contributed by atoms with Crippen molar-refractivity contribution in [3.05, 3.63) is 72.6 Å². The largest absolute Gasteiger partial charge is 0.369 e. The Bertz CT molecular complexity index is 1600. The highest BCUT2D eigenvalue weighted by Gasteiger charge is 2.27. The van der Waals surface area contributed by atoms with Crippen LogP contribution in [0.5, 0.6) is 0 Å². The summed E-state index contributed by atoms with van der Waals surface area (Å²) in [5, 5.41) is 2.94. The number of hydrogen-bond donors (Lipinski definition) is 2. The van der Waals surface area contributed by atoms with E-state index in [1.54, 1.807) is 44.3 Å². The molecule has 0 radical (unpaired) electrons. The van der Waals surface area contributed by atoms with Crippen molar-refractivity contribution in [2.24, 2.45) is 0 Å². The van der Waals surface area contributed by atoms with Gasteiger partial charge in [0, 0.05) is 61.4 Å². The fourth-order valence-electron chi connectivity index (χ4n) is 5.06. The molecule has 2 aliphatic rings. The Morgan fingerprint density at radius 3 is 2.54 bits per heavy atom. The van der Waals surface area contributed by atoms with Crippen LogP contribution in [0.4, 0.5) is 11.4 Å². The number of benzene rings is 2. The Labute approximate surface area is 217 Å². The van der Waals surface area contributed by atoms with Crippen LogP contribution in [-0.2, 0) is 16.4 Å². The number of sulfone groups is 1. The van der Waals surface area contributed by atoms with Crippen LogP contribution in [0.15, 0.2) is 66.3 Å². The van der Waals surface area contributed by atoms with E-state index in [4.69, 9.17) is 4.98 Å². The number of fused-ring (bicyclic) bond motifs is 2. The van der Waals surface area contributed by atoms with Crippen LogP contribution < -0.4 is 15.1 Å². The first-order valence-electron chi connectivity index (χ1n) is 12.6. The summed E-state index contributed by atoms with van der Waals surface area (Å²) in [7, 11) is -3.33. The summed E-state index contributed by atoms with van der Waals surface area (Å²) >= 11 is 0. The lowest BCUT2D eigenvalue weighted by Crippen LogP contribution is -2.43. The van der Waals surface area contributed by atoms with Gasteiger partial charge in [-0.2, -0.15) is 0 Å². The van der Waals surface area contributed by atoms with Crippen molar-refractivity contribution in [2.75, 3.05) is 36.0 Å².